The maximum Gasteiger partial charge on any atom is 0.341 e. The van der Waals surface area contributed by atoms with Gasteiger partial charge in [-0.15, -0.1) is 0 Å². The Morgan fingerprint density at radius 3 is 2.61 bits per heavy atom. The van der Waals surface area contributed by atoms with Crippen molar-refractivity contribution in [3.8, 4) is 0 Å². The molecule has 2 heterocycles. The summed E-state index contributed by atoms with van der Waals surface area (Å²) in [5.74, 6) is -1.99. The molecule has 31 heavy (non-hydrogen) atoms. The monoisotopic (exact) mass is 426 g/mol. The number of halogens is 2. The van der Waals surface area contributed by atoms with E-state index in [4.69, 9.17) is 4.74 Å². The van der Waals surface area contributed by atoms with Crippen molar-refractivity contribution in [3.63, 3.8) is 0 Å². The molecule has 1 aliphatic rings. The second kappa shape index (κ2) is 8.85. The summed E-state index contributed by atoms with van der Waals surface area (Å²) in [6.45, 7) is 5.56. The van der Waals surface area contributed by atoms with Crippen LogP contribution in [0.2, 0.25) is 0 Å². The van der Waals surface area contributed by atoms with Crippen molar-refractivity contribution in [2.45, 2.75) is 6.92 Å². The zero-order chi connectivity index (χ0) is 22.0. The van der Waals surface area contributed by atoms with Gasteiger partial charge >= 0.3 is 5.97 Å². The van der Waals surface area contributed by atoms with E-state index in [0.29, 0.717) is 16.6 Å². The first-order valence-electron chi connectivity index (χ1n) is 10.2. The van der Waals surface area contributed by atoms with Crippen LogP contribution < -0.4 is 10.2 Å². The molecule has 0 amide bonds. The van der Waals surface area contributed by atoms with E-state index in [-0.39, 0.29) is 17.9 Å². The molecule has 0 spiro atoms. The fraction of sp³-hybridized carbons (Fsp3) is 0.304. The van der Waals surface area contributed by atoms with E-state index < -0.39 is 17.6 Å². The lowest BCUT2D eigenvalue weighted by Gasteiger charge is -2.34. The molecule has 0 atom stereocenters. The standard InChI is InChI=1S/C23H24F2N4O2/c1-3-31-23(30)18-14-26-20-7-5-16(29-10-8-28(2)9-11-29)13-17(20)22(18)27-21-6-4-15(24)12-19(21)25/h4-7,12-14H,3,8-11H2,1-2H3,(H,26,27). The van der Waals surface area contributed by atoms with Gasteiger partial charge in [0.2, 0.25) is 0 Å². The van der Waals surface area contributed by atoms with Crippen molar-refractivity contribution in [1.82, 2.24) is 9.88 Å². The number of nitrogens with zero attached hydrogens (tertiary/aromatic N) is 3. The number of hydrogen-bond acceptors (Lipinski definition) is 6. The van der Waals surface area contributed by atoms with E-state index in [0.717, 1.165) is 44.0 Å². The number of hydrogen-bond donors (Lipinski definition) is 1. The van der Waals surface area contributed by atoms with Gasteiger partial charge in [0.05, 0.1) is 23.5 Å². The van der Waals surface area contributed by atoms with Crippen molar-refractivity contribution in [3.05, 3.63) is 59.8 Å². The van der Waals surface area contributed by atoms with Gasteiger partial charge in [-0.2, -0.15) is 0 Å². The quantitative estimate of drug-likeness (QED) is 0.618. The third kappa shape index (κ3) is 4.44. The van der Waals surface area contributed by atoms with Crippen LogP contribution in [0.4, 0.5) is 25.8 Å². The predicted molar refractivity (Wildman–Crippen MR) is 117 cm³/mol. The molecule has 1 aromatic heterocycles. The first kappa shape index (κ1) is 21.0. The Morgan fingerprint density at radius 2 is 1.90 bits per heavy atom. The summed E-state index contributed by atoms with van der Waals surface area (Å²) in [6.07, 6.45) is 1.42. The Kier molecular flexibility index (Phi) is 5.99. The highest BCUT2D eigenvalue weighted by Crippen LogP contribution is 2.33. The number of carbonyl (C=O) groups is 1. The number of fused-ring (bicyclic) bond motifs is 1. The van der Waals surface area contributed by atoms with Crippen LogP contribution in [0, 0.1) is 11.6 Å². The van der Waals surface area contributed by atoms with Gasteiger partial charge in [0, 0.05) is 49.5 Å². The summed E-state index contributed by atoms with van der Waals surface area (Å²) < 4.78 is 32.9. The van der Waals surface area contributed by atoms with Gasteiger partial charge in [0.1, 0.15) is 17.2 Å². The minimum atomic E-state index is -0.755. The summed E-state index contributed by atoms with van der Waals surface area (Å²) in [5, 5.41) is 3.64. The average molecular weight is 426 g/mol. The molecule has 162 valence electrons. The lowest BCUT2D eigenvalue weighted by molar-refractivity contribution is 0.0527. The molecule has 1 aliphatic heterocycles. The van der Waals surface area contributed by atoms with Crippen LogP contribution in [-0.2, 0) is 4.74 Å². The molecular formula is C23H24F2N4O2. The van der Waals surface area contributed by atoms with E-state index in [1.807, 2.05) is 18.2 Å². The number of rotatable bonds is 5. The number of esters is 1. The molecule has 0 saturated carbocycles. The van der Waals surface area contributed by atoms with Gasteiger partial charge in [-0.25, -0.2) is 13.6 Å². The van der Waals surface area contributed by atoms with Crippen LogP contribution >= 0.6 is 0 Å². The van der Waals surface area contributed by atoms with E-state index in [2.05, 4.69) is 27.1 Å². The molecule has 1 saturated heterocycles. The summed E-state index contributed by atoms with van der Waals surface area (Å²) in [6, 6.07) is 9.08. The number of anilines is 3. The highest BCUT2D eigenvalue weighted by Gasteiger charge is 2.20. The fourth-order valence-electron chi connectivity index (χ4n) is 3.67. The molecule has 0 radical (unpaired) electrons. The van der Waals surface area contributed by atoms with Crippen molar-refractivity contribution >= 4 is 33.9 Å². The van der Waals surface area contributed by atoms with Gasteiger partial charge in [0.15, 0.2) is 0 Å². The Hall–Kier alpha value is -3.26. The minimum Gasteiger partial charge on any atom is -0.462 e. The maximum atomic E-state index is 14.4. The number of benzene rings is 2. The van der Waals surface area contributed by atoms with Crippen molar-refractivity contribution in [1.29, 1.82) is 0 Å². The van der Waals surface area contributed by atoms with Gasteiger partial charge in [-0.05, 0) is 44.3 Å². The average Bonchev–Trinajstić information content (AvgIpc) is 2.76. The Morgan fingerprint density at radius 1 is 1.13 bits per heavy atom. The zero-order valence-corrected chi connectivity index (χ0v) is 17.5. The van der Waals surface area contributed by atoms with E-state index >= 15 is 0 Å². The Bertz CT molecular complexity index is 1110. The smallest absolute Gasteiger partial charge is 0.341 e. The minimum absolute atomic E-state index is 0.0597. The first-order valence-corrected chi connectivity index (χ1v) is 10.2. The highest BCUT2D eigenvalue weighted by atomic mass is 19.1. The summed E-state index contributed by atoms with van der Waals surface area (Å²) >= 11 is 0. The summed E-state index contributed by atoms with van der Waals surface area (Å²) in [4.78, 5) is 21.5. The zero-order valence-electron chi connectivity index (χ0n) is 17.5. The van der Waals surface area contributed by atoms with Crippen LogP contribution in [-0.4, -0.2) is 55.7 Å². The molecule has 4 rings (SSSR count). The molecule has 2 aromatic carbocycles. The number of likely N-dealkylation sites (N-methyl/N-ethyl adjacent to an activating group) is 1. The van der Waals surface area contributed by atoms with Crippen LogP contribution in [0.15, 0.2) is 42.6 Å². The topological polar surface area (TPSA) is 57.7 Å². The number of carbonyl (C=O) groups excluding carboxylic acids is 1. The van der Waals surface area contributed by atoms with Crippen LogP contribution in [0.1, 0.15) is 17.3 Å². The maximum absolute atomic E-state index is 14.4. The summed E-state index contributed by atoms with van der Waals surface area (Å²) in [5.41, 5.74) is 2.27. The molecule has 3 aromatic rings. The van der Waals surface area contributed by atoms with E-state index in [1.54, 1.807) is 6.92 Å². The largest absolute Gasteiger partial charge is 0.462 e. The molecule has 0 unspecified atom stereocenters. The third-order valence-electron chi connectivity index (χ3n) is 5.41. The first-order chi connectivity index (χ1) is 15.0. The number of pyridine rings is 1. The second-order valence-corrected chi connectivity index (χ2v) is 7.51. The van der Waals surface area contributed by atoms with Crippen LogP contribution in [0.3, 0.4) is 0 Å². The van der Waals surface area contributed by atoms with Crippen LogP contribution in [0.25, 0.3) is 10.9 Å². The molecular weight excluding hydrogens is 402 g/mol. The van der Waals surface area contributed by atoms with E-state index in [1.165, 1.54) is 12.3 Å². The van der Waals surface area contributed by atoms with Crippen molar-refractivity contribution < 1.29 is 18.3 Å². The van der Waals surface area contributed by atoms with Gasteiger partial charge in [-0.1, -0.05) is 0 Å². The predicted octanol–water partition coefficient (Wildman–Crippen LogP) is 4.19. The number of piperazine rings is 1. The molecule has 0 aliphatic carbocycles. The van der Waals surface area contributed by atoms with E-state index in [9.17, 15) is 13.6 Å². The van der Waals surface area contributed by atoms with Gasteiger partial charge in [0.25, 0.3) is 0 Å². The molecule has 6 nitrogen and oxygen atoms in total. The molecule has 0 bridgehead atoms. The fourth-order valence-corrected chi connectivity index (χ4v) is 3.67. The van der Waals surface area contributed by atoms with Gasteiger partial charge in [-0.3, -0.25) is 4.98 Å². The number of aromatic nitrogens is 1. The van der Waals surface area contributed by atoms with Crippen molar-refractivity contribution in [2.24, 2.45) is 0 Å². The van der Waals surface area contributed by atoms with Gasteiger partial charge < -0.3 is 19.9 Å². The SMILES string of the molecule is CCOC(=O)c1cnc2ccc(N3CCN(C)CC3)cc2c1Nc1ccc(F)cc1F. The third-order valence-corrected chi connectivity index (χ3v) is 5.41. The molecule has 8 heteroatoms. The molecule has 1 fully saturated rings. The highest BCUT2D eigenvalue weighted by molar-refractivity contribution is 6.06. The van der Waals surface area contributed by atoms with Crippen molar-refractivity contribution in [2.75, 3.05) is 50.1 Å². The lowest BCUT2D eigenvalue weighted by atomic mass is 10.1. The Labute approximate surface area is 179 Å². The summed E-state index contributed by atoms with van der Waals surface area (Å²) in [7, 11) is 2.09. The number of ether oxygens (including phenoxy) is 1. The lowest BCUT2D eigenvalue weighted by Crippen LogP contribution is -2.44. The second-order valence-electron chi connectivity index (χ2n) is 7.51. The number of nitrogens with one attached hydrogen (secondary N) is 1. The Balaban J connectivity index is 1.82. The van der Waals surface area contributed by atoms with Crippen LogP contribution in [0.5, 0.6) is 0 Å². The normalized spacial score (nSPS) is 14.6. The molecule has 1 N–H and O–H groups in total.